The molecule has 208 valence electrons. The minimum Gasteiger partial charge on any atom is -0.491 e. The van der Waals surface area contributed by atoms with Crippen molar-refractivity contribution in [3.05, 3.63) is 82.9 Å². The zero-order chi connectivity index (χ0) is 27.9. The maximum atomic E-state index is 15.1. The van der Waals surface area contributed by atoms with Gasteiger partial charge >= 0.3 is 5.97 Å². The van der Waals surface area contributed by atoms with Crippen molar-refractivity contribution >= 4 is 5.97 Å². The summed E-state index contributed by atoms with van der Waals surface area (Å²) in [5.74, 6) is -5.02. The van der Waals surface area contributed by atoms with Crippen LogP contribution in [-0.2, 0) is 0 Å². The Hall–Kier alpha value is -3.35. The molecule has 0 heterocycles. The lowest BCUT2D eigenvalue weighted by atomic mass is 9.76. The molecule has 0 N–H and O–H groups in total. The average molecular weight is 543 g/mol. The summed E-state index contributed by atoms with van der Waals surface area (Å²) in [6, 6.07) is 11.2. The number of ether oxygens (including phenoxy) is 2. The molecule has 39 heavy (non-hydrogen) atoms. The third-order valence-corrected chi connectivity index (χ3v) is 7.56. The summed E-state index contributed by atoms with van der Waals surface area (Å²) in [5, 5.41) is 0. The normalized spacial score (nSPS) is 17.2. The summed E-state index contributed by atoms with van der Waals surface area (Å²) in [6.45, 7) is 3.95. The average Bonchev–Trinajstić information content (AvgIpc) is 2.94. The Morgan fingerprint density at radius 1 is 0.795 bits per heavy atom. The highest BCUT2D eigenvalue weighted by Crippen LogP contribution is 2.40. The molecule has 0 aliphatic heterocycles. The second-order valence-electron chi connectivity index (χ2n) is 10.1. The Bertz CT molecular complexity index is 1280. The maximum Gasteiger partial charge on any atom is 0.346 e. The van der Waals surface area contributed by atoms with Gasteiger partial charge in [0.05, 0.1) is 12.2 Å². The minimum atomic E-state index is -1.37. The van der Waals surface area contributed by atoms with Gasteiger partial charge in [-0.15, -0.1) is 0 Å². The Kier molecular flexibility index (Phi) is 9.65. The van der Waals surface area contributed by atoms with Crippen LogP contribution in [-0.4, -0.2) is 12.6 Å². The van der Waals surface area contributed by atoms with E-state index in [1.807, 2.05) is 0 Å². The van der Waals surface area contributed by atoms with E-state index in [2.05, 4.69) is 6.92 Å². The summed E-state index contributed by atoms with van der Waals surface area (Å²) in [6.07, 6.45) is 8.72. The van der Waals surface area contributed by atoms with Crippen LogP contribution in [0.5, 0.6) is 11.5 Å². The van der Waals surface area contributed by atoms with E-state index in [4.69, 9.17) is 9.47 Å². The molecular formula is C32H34F4O3. The van der Waals surface area contributed by atoms with Crippen molar-refractivity contribution in [2.75, 3.05) is 6.61 Å². The molecule has 0 saturated heterocycles. The largest absolute Gasteiger partial charge is 0.491 e. The fourth-order valence-electron chi connectivity index (χ4n) is 5.37. The third-order valence-electron chi connectivity index (χ3n) is 7.56. The van der Waals surface area contributed by atoms with Gasteiger partial charge in [0.25, 0.3) is 0 Å². The van der Waals surface area contributed by atoms with Crippen LogP contribution in [0.4, 0.5) is 17.6 Å². The first-order valence-electron chi connectivity index (χ1n) is 13.7. The van der Waals surface area contributed by atoms with E-state index in [1.165, 1.54) is 49.9 Å². The fourth-order valence-corrected chi connectivity index (χ4v) is 5.37. The van der Waals surface area contributed by atoms with E-state index in [-0.39, 0.29) is 29.6 Å². The summed E-state index contributed by atoms with van der Waals surface area (Å²) >= 11 is 0. The molecule has 0 aromatic heterocycles. The lowest BCUT2D eigenvalue weighted by Gasteiger charge is -2.29. The molecule has 0 bridgehead atoms. The first-order valence-corrected chi connectivity index (χ1v) is 13.7. The number of carbonyl (C=O) groups is 1. The van der Waals surface area contributed by atoms with Crippen molar-refractivity contribution in [1.29, 1.82) is 0 Å². The summed E-state index contributed by atoms with van der Waals surface area (Å²) in [7, 11) is 0. The van der Waals surface area contributed by atoms with Crippen molar-refractivity contribution in [1.82, 2.24) is 0 Å². The van der Waals surface area contributed by atoms with Crippen molar-refractivity contribution in [3.8, 4) is 22.6 Å². The molecule has 1 aliphatic rings. The van der Waals surface area contributed by atoms with E-state index in [0.29, 0.717) is 17.0 Å². The number of halogens is 4. The van der Waals surface area contributed by atoms with Crippen LogP contribution in [0.3, 0.4) is 0 Å². The van der Waals surface area contributed by atoms with Crippen LogP contribution < -0.4 is 9.47 Å². The lowest BCUT2D eigenvalue weighted by Crippen LogP contribution is -2.15. The van der Waals surface area contributed by atoms with Gasteiger partial charge in [0, 0.05) is 5.56 Å². The van der Waals surface area contributed by atoms with Crippen LogP contribution in [0.1, 0.15) is 87.1 Å². The van der Waals surface area contributed by atoms with E-state index in [9.17, 15) is 13.6 Å². The molecule has 1 fully saturated rings. The van der Waals surface area contributed by atoms with E-state index >= 15 is 8.78 Å². The molecule has 0 amide bonds. The second kappa shape index (κ2) is 13.1. The smallest absolute Gasteiger partial charge is 0.346 e. The summed E-state index contributed by atoms with van der Waals surface area (Å²) in [4.78, 5) is 12.4. The number of hydrogen-bond donors (Lipinski definition) is 0. The molecule has 0 atom stereocenters. The van der Waals surface area contributed by atoms with Crippen LogP contribution in [0.15, 0.2) is 48.5 Å². The van der Waals surface area contributed by atoms with Crippen molar-refractivity contribution in [2.45, 2.75) is 71.1 Å². The molecule has 7 heteroatoms. The highest BCUT2D eigenvalue weighted by molar-refractivity contribution is 5.91. The molecule has 1 saturated carbocycles. The van der Waals surface area contributed by atoms with Gasteiger partial charge in [-0.2, -0.15) is 4.39 Å². The van der Waals surface area contributed by atoms with Gasteiger partial charge in [-0.05, 0) is 79.8 Å². The number of rotatable bonds is 10. The molecule has 0 spiro atoms. The number of esters is 1. The Balaban J connectivity index is 1.42. The van der Waals surface area contributed by atoms with Gasteiger partial charge in [0.15, 0.2) is 23.2 Å². The standard InChI is InChI=1S/C32H34F4O3/c1-3-5-6-7-20-8-10-21(11-9-20)24-16-17-25(29(34)28(24)33)22-12-14-23(15-13-22)39-32(37)26-18-19-27(38-4-2)31(36)30(26)35/h12-21H,3-11H2,1-2H3. The van der Waals surface area contributed by atoms with Crippen LogP contribution >= 0.6 is 0 Å². The number of carbonyl (C=O) groups excluding carboxylic acids is 1. The molecule has 3 aromatic rings. The predicted octanol–water partition coefficient (Wildman–Crippen LogP) is 9.38. The van der Waals surface area contributed by atoms with Crippen LogP contribution in [0, 0.1) is 29.2 Å². The first-order chi connectivity index (χ1) is 18.8. The van der Waals surface area contributed by atoms with Crippen molar-refractivity contribution in [2.24, 2.45) is 5.92 Å². The van der Waals surface area contributed by atoms with Gasteiger partial charge in [0.1, 0.15) is 5.75 Å². The first kappa shape index (κ1) is 28.7. The minimum absolute atomic E-state index is 0.0191. The highest BCUT2D eigenvalue weighted by atomic mass is 19.2. The van der Waals surface area contributed by atoms with Gasteiger partial charge in [0.2, 0.25) is 5.82 Å². The van der Waals surface area contributed by atoms with Crippen molar-refractivity contribution < 1.29 is 31.8 Å². The molecule has 1 aliphatic carbocycles. The molecule has 4 rings (SSSR count). The van der Waals surface area contributed by atoms with Gasteiger partial charge in [-0.1, -0.05) is 56.9 Å². The number of hydrogen-bond acceptors (Lipinski definition) is 3. The monoisotopic (exact) mass is 542 g/mol. The Labute approximate surface area is 227 Å². The summed E-state index contributed by atoms with van der Waals surface area (Å²) in [5.41, 5.74) is 0.342. The molecule has 3 aromatic carbocycles. The van der Waals surface area contributed by atoms with Crippen LogP contribution in [0.2, 0.25) is 0 Å². The number of unbranched alkanes of at least 4 members (excludes halogenated alkanes) is 2. The fraction of sp³-hybridized carbons (Fsp3) is 0.406. The second-order valence-corrected chi connectivity index (χ2v) is 10.1. The van der Waals surface area contributed by atoms with Crippen LogP contribution in [0.25, 0.3) is 11.1 Å². The lowest BCUT2D eigenvalue weighted by molar-refractivity contribution is 0.0728. The molecule has 0 unspecified atom stereocenters. The van der Waals surface area contributed by atoms with E-state index in [0.717, 1.165) is 37.8 Å². The van der Waals surface area contributed by atoms with E-state index < -0.39 is 34.8 Å². The zero-order valence-electron chi connectivity index (χ0n) is 22.4. The summed E-state index contributed by atoms with van der Waals surface area (Å²) < 4.78 is 68.9. The van der Waals surface area contributed by atoms with Crippen molar-refractivity contribution in [3.63, 3.8) is 0 Å². The predicted molar refractivity (Wildman–Crippen MR) is 143 cm³/mol. The zero-order valence-corrected chi connectivity index (χ0v) is 22.4. The molecule has 3 nitrogen and oxygen atoms in total. The van der Waals surface area contributed by atoms with Gasteiger partial charge in [-0.3, -0.25) is 0 Å². The number of benzene rings is 3. The topological polar surface area (TPSA) is 35.5 Å². The molecular weight excluding hydrogens is 508 g/mol. The van der Waals surface area contributed by atoms with Gasteiger partial charge < -0.3 is 9.47 Å². The maximum absolute atomic E-state index is 15.1. The Morgan fingerprint density at radius 2 is 1.51 bits per heavy atom. The molecule has 0 radical (unpaired) electrons. The van der Waals surface area contributed by atoms with Gasteiger partial charge in [-0.25, -0.2) is 18.0 Å². The third kappa shape index (κ3) is 6.63. The highest BCUT2D eigenvalue weighted by Gasteiger charge is 2.26. The Morgan fingerprint density at radius 3 is 2.18 bits per heavy atom. The quantitative estimate of drug-likeness (QED) is 0.111. The SMILES string of the molecule is CCCCCC1CCC(c2ccc(-c3ccc(OC(=O)c4ccc(OCC)c(F)c4F)cc3)c(F)c2F)CC1. The van der Waals surface area contributed by atoms with E-state index in [1.54, 1.807) is 19.1 Å².